The zero-order valence-corrected chi connectivity index (χ0v) is 26.2. The van der Waals surface area contributed by atoms with Gasteiger partial charge in [-0.15, -0.1) is 0 Å². The van der Waals surface area contributed by atoms with Crippen LogP contribution in [0.15, 0.2) is 48.7 Å². The standard InChI is InChI=1S/C36H51N3O3/c1-5-10-27(3)36(29-13-7-6-8-14-29)21-19-35(20-22-36)18-17-31(34(41)39(35)25-28-11-9-12-28)26(2)23-32(40)38-30-15-16-33(42-4)37-24-30/h6-8,13-16,24,26-28,31H,5,9-12,17-23,25H2,1-4H3,(H,38,40). The first-order valence-corrected chi connectivity index (χ1v) is 16.5. The average Bonchev–Trinajstić information content (AvgIpc) is 2.97. The van der Waals surface area contributed by atoms with Gasteiger partial charge in [-0.1, -0.05) is 70.4 Å². The van der Waals surface area contributed by atoms with Gasteiger partial charge < -0.3 is 15.0 Å². The molecule has 0 radical (unpaired) electrons. The molecule has 3 fully saturated rings. The lowest BCUT2D eigenvalue weighted by Gasteiger charge is -2.58. The highest BCUT2D eigenvalue weighted by Crippen LogP contribution is 2.54. The number of piperidine rings is 1. The summed E-state index contributed by atoms with van der Waals surface area (Å²) in [6.07, 6.45) is 14.5. The van der Waals surface area contributed by atoms with Crippen molar-refractivity contribution in [3.8, 4) is 5.88 Å². The zero-order valence-electron chi connectivity index (χ0n) is 26.2. The molecule has 6 heteroatoms. The molecule has 42 heavy (non-hydrogen) atoms. The lowest BCUT2D eigenvalue weighted by Crippen LogP contribution is -2.62. The van der Waals surface area contributed by atoms with Gasteiger partial charge in [0.25, 0.3) is 0 Å². The fourth-order valence-electron chi connectivity index (χ4n) is 8.31. The number of hydrogen-bond donors (Lipinski definition) is 1. The van der Waals surface area contributed by atoms with E-state index in [2.05, 4.69) is 66.3 Å². The van der Waals surface area contributed by atoms with Gasteiger partial charge in [0.05, 0.1) is 19.0 Å². The Hall–Kier alpha value is -2.89. The molecule has 1 spiro atoms. The monoisotopic (exact) mass is 573 g/mol. The highest BCUT2D eigenvalue weighted by Gasteiger charge is 2.53. The molecule has 3 unspecified atom stereocenters. The molecule has 0 bridgehead atoms. The van der Waals surface area contributed by atoms with Gasteiger partial charge in [0.15, 0.2) is 0 Å². The molecule has 3 atom stereocenters. The van der Waals surface area contributed by atoms with Crippen molar-refractivity contribution < 1.29 is 14.3 Å². The Balaban J connectivity index is 1.30. The number of pyridine rings is 1. The Morgan fingerprint density at radius 2 is 1.79 bits per heavy atom. The lowest BCUT2D eigenvalue weighted by atomic mass is 9.56. The zero-order chi connectivity index (χ0) is 29.7. The van der Waals surface area contributed by atoms with Crippen LogP contribution in [0.3, 0.4) is 0 Å². The van der Waals surface area contributed by atoms with Gasteiger partial charge in [-0.05, 0) is 86.2 Å². The van der Waals surface area contributed by atoms with E-state index < -0.39 is 0 Å². The second-order valence-electron chi connectivity index (χ2n) is 13.6. The van der Waals surface area contributed by atoms with E-state index in [9.17, 15) is 9.59 Å². The van der Waals surface area contributed by atoms with Crippen LogP contribution in [-0.4, -0.2) is 40.9 Å². The van der Waals surface area contributed by atoms with E-state index in [1.807, 2.05) is 0 Å². The van der Waals surface area contributed by atoms with Gasteiger partial charge in [0.1, 0.15) is 0 Å². The molecule has 5 rings (SSSR count). The van der Waals surface area contributed by atoms with Crippen molar-refractivity contribution in [1.29, 1.82) is 0 Å². The predicted octanol–water partition coefficient (Wildman–Crippen LogP) is 7.78. The Kier molecular flexibility index (Phi) is 9.59. The number of rotatable bonds is 11. The van der Waals surface area contributed by atoms with Crippen LogP contribution in [0.1, 0.15) is 103 Å². The summed E-state index contributed by atoms with van der Waals surface area (Å²) < 4.78 is 5.12. The topological polar surface area (TPSA) is 71.5 Å². The summed E-state index contributed by atoms with van der Waals surface area (Å²) in [5.74, 6) is 1.88. The Morgan fingerprint density at radius 3 is 2.38 bits per heavy atom. The van der Waals surface area contributed by atoms with E-state index in [0.717, 1.165) is 45.1 Å². The molecule has 3 aliphatic rings. The van der Waals surface area contributed by atoms with Crippen molar-refractivity contribution >= 4 is 17.5 Å². The van der Waals surface area contributed by atoms with Crippen LogP contribution in [-0.2, 0) is 15.0 Å². The molecular weight excluding hydrogens is 522 g/mol. The third kappa shape index (κ3) is 6.23. The van der Waals surface area contributed by atoms with Crippen LogP contribution in [0, 0.1) is 23.7 Å². The minimum absolute atomic E-state index is 0.0125. The number of carbonyl (C=O) groups is 2. The van der Waals surface area contributed by atoms with E-state index in [1.54, 1.807) is 25.4 Å². The predicted molar refractivity (Wildman–Crippen MR) is 168 cm³/mol. The normalized spacial score (nSPS) is 27.8. The van der Waals surface area contributed by atoms with E-state index in [1.165, 1.54) is 37.7 Å². The van der Waals surface area contributed by atoms with E-state index in [0.29, 0.717) is 35.7 Å². The summed E-state index contributed by atoms with van der Waals surface area (Å²) in [6, 6.07) is 14.7. The fraction of sp³-hybridized carbons (Fsp3) is 0.639. The highest BCUT2D eigenvalue weighted by atomic mass is 16.5. The van der Waals surface area contributed by atoms with Gasteiger partial charge in [-0.3, -0.25) is 9.59 Å². The smallest absolute Gasteiger partial charge is 0.226 e. The number of methoxy groups -OCH3 is 1. The number of amides is 2. The number of aromatic nitrogens is 1. The van der Waals surface area contributed by atoms with Gasteiger partial charge in [-0.25, -0.2) is 4.98 Å². The number of benzene rings is 1. The maximum atomic E-state index is 14.4. The first-order valence-electron chi connectivity index (χ1n) is 16.5. The summed E-state index contributed by atoms with van der Waals surface area (Å²) in [6.45, 7) is 7.74. The minimum atomic E-state index is -0.102. The van der Waals surface area contributed by atoms with Crippen molar-refractivity contribution in [2.45, 2.75) is 109 Å². The minimum Gasteiger partial charge on any atom is -0.481 e. The largest absolute Gasteiger partial charge is 0.481 e. The maximum absolute atomic E-state index is 14.4. The quantitative estimate of drug-likeness (QED) is 0.298. The van der Waals surface area contributed by atoms with Gasteiger partial charge in [-0.2, -0.15) is 0 Å². The van der Waals surface area contributed by atoms with Gasteiger partial charge >= 0.3 is 0 Å². The molecule has 1 N–H and O–H groups in total. The summed E-state index contributed by atoms with van der Waals surface area (Å²) in [5.41, 5.74) is 2.28. The molecule has 2 heterocycles. The average molecular weight is 574 g/mol. The molecular formula is C36H51N3O3. The summed E-state index contributed by atoms with van der Waals surface area (Å²) in [4.78, 5) is 33.9. The molecule has 2 amide bonds. The first-order chi connectivity index (χ1) is 20.3. The van der Waals surface area contributed by atoms with E-state index >= 15 is 0 Å². The molecule has 1 aliphatic heterocycles. The van der Waals surface area contributed by atoms with Crippen molar-refractivity contribution in [1.82, 2.24) is 9.88 Å². The number of likely N-dealkylation sites (tertiary alicyclic amines) is 1. The fourth-order valence-corrected chi connectivity index (χ4v) is 8.31. The molecule has 6 nitrogen and oxygen atoms in total. The number of carbonyl (C=O) groups excluding carboxylic acids is 2. The van der Waals surface area contributed by atoms with Crippen LogP contribution in [0.2, 0.25) is 0 Å². The first kappa shape index (κ1) is 30.6. The Bertz CT molecular complexity index is 1190. The molecule has 2 aliphatic carbocycles. The van der Waals surface area contributed by atoms with Gasteiger partial charge in [0, 0.05) is 30.5 Å². The van der Waals surface area contributed by atoms with Crippen LogP contribution in [0.5, 0.6) is 5.88 Å². The maximum Gasteiger partial charge on any atom is 0.226 e. The van der Waals surface area contributed by atoms with E-state index in [-0.39, 0.29) is 28.7 Å². The van der Waals surface area contributed by atoms with Crippen molar-refractivity contribution in [3.05, 3.63) is 54.2 Å². The Labute approximate surface area is 253 Å². The van der Waals surface area contributed by atoms with Crippen molar-refractivity contribution in [3.63, 3.8) is 0 Å². The highest BCUT2D eigenvalue weighted by molar-refractivity contribution is 5.91. The van der Waals surface area contributed by atoms with Crippen LogP contribution >= 0.6 is 0 Å². The second kappa shape index (κ2) is 13.2. The third-order valence-corrected chi connectivity index (χ3v) is 11.3. The summed E-state index contributed by atoms with van der Waals surface area (Å²) >= 11 is 0. The van der Waals surface area contributed by atoms with Crippen LogP contribution < -0.4 is 10.1 Å². The molecule has 2 aromatic rings. The summed E-state index contributed by atoms with van der Waals surface area (Å²) in [7, 11) is 1.57. The van der Waals surface area contributed by atoms with Crippen LogP contribution in [0.4, 0.5) is 5.69 Å². The molecule has 1 saturated heterocycles. The molecule has 1 aromatic heterocycles. The van der Waals surface area contributed by atoms with Gasteiger partial charge in [0.2, 0.25) is 17.7 Å². The molecule has 2 saturated carbocycles. The number of anilines is 1. The Morgan fingerprint density at radius 1 is 1.05 bits per heavy atom. The lowest BCUT2D eigenvalue weighted by molar-refractivity contribution is -0.156. The number of nitrogens with one attached hydrogen (secondary N) is 1. The molecule has 1 aromatic carbocycles. The SMILES string of the molecule is CCCC(C)C1(c2ccccc2)CCC2(CCC(C(C)CC(=O)Nc3ccc(OC)nc3)C(=O)N2CC2CCC2)CC1. The number of ether oxygens (including phenoxy) is 1. The molecule has 228 valence electrons. The third-order valence-electron chi connectivity index (χ3n) is 11.3. The van der Waals surface area contributed by atoms with Crippen molar-refractivity contribution in [2.75, 3.05) is 19.0 Å². The summed E-state index contributed by atoms with van der Waals surface area (Å²) in [5, 5.41) is 2.96. The second-order valence-corrected chi connectivity index (χ2v) is 13.6. The van der Waals surface area contributed by atoms with Crippen molar-refractivity contribution in [2.24, 2.45) is 23.7 Å². The number of hydrogen-bond acceptors (Lipinski definition) is 4. The van der Waals surface area contributed by atoms with Crippen LogP contribution in [0.25, 0.3) is 0 Å². The van der Waals surface area contributed by atoms with E-state index in [4.69, 9.17) is 4.74 Å². The number of nitrogens with zero attached hydrogens (tertiary/aromatic N) is 2.